The van der Waals surface area contributed by atoms with E-state index in [0.29, 0.717) is 6.54 Å². The summed E-state index contributed by atoms with van der Waals surface area (Å²) in [7, 11) is -3.39. The van der Waals surface area contributed by atoms with Gasteiger partial charge in [-0.15, -0.1) is 0 Å². The lowest BCUT2D eigenvalue weighted by atomic mass is 10.1. The molecule has 0 saturated heterocycles. The lowest BCUT2D eigenvalue weighted by Gasteiger charge is -2.27. The molecule has 1 aliphatic rings. The molecule has 6 nitrogen and oxygen atoms in total. The first kappa shape index (κ1) is 16.7. The van der Waals surface area contributed by atoms with Crippen molar-refractivity contribution in [2.24, 2.45) is 0 Å². The second-order valence-electron chi connectivity index (χ2n) is 6.36. The molecular weight excluding hydrogens is 404 g/mol. The van der Waals surface area contributed by atoms with Crippen LogP contribution in [0.5, 0.6) is 0 Å². The quantitative estimate of drug-likeness (QED) is 0.658. The molecule has 0 aliphatic carbocycles. The molecule has 25 heavy (non-hydrogen) atoms. The number of nitrogens with zero attached hydrogens (tertiary/aromatic N) is 3. The van der Waals surface area contributed by atoms with Gasteiger partial charge >= 0.3 is 0 Å². The van der Waals surface area contributed by atoms with Gasteiger partial charge in [0.05, 0.1) is 5.69 Å². The van der Waals surface area contributed by atoms with Crippen LogP contribution in [0.15, 0.2) is 40.2 Å². The Morgan fingerprint density at radius 3 is 3.00 bits per heavy atom. The Kier molecular flexibility index (Phi) is 4.13. The van der Waals surface area contributed by atoms with Crippen LogP contribution in [-0.4, -0.2) is 41.1 Å². The summed E-state index contributed by atoms with van der Waals surface area (Å²) in [6.45, 7) is 2.32. The van der Waals surface area contributed by atoms with Gasteiger partial charge in [0, 0.05) is 53.7 Å². The van der Waals surface area contributed by atoms with Gasteiger partial charge in [0.2, 0.25) is 15.0 Å². The molecule has 3 aromatic rings. The summed E-state index contributed by atoms with van der Waals surface area (Å²) >= 11 is 3.49. The fraction of sp³-hybridized carbons (Fsp3) is 0.294. The Labute approximate surface area is 154 Å². The summed E-state index contributed by atoms with van der Waals surface area (Å²) in [5.74, 6) is 0. The smallest absolute Gasteiger partial charge is 0.247 e. The van der Waals surface area contributed by atoms with E-state index in [4.69, 9.17) is 0 Å². The summed E-state index contributed by atoms with van der Waals surface area (Å²) in [5, 5.41) is 1.11. The van der Waals surface area contributed by atoms with Crippen molar-refractivity contribution in [1.29, 1.82) is 0 Å². The van der Waals surface area contributed by atoms with Crippen molar-refractivity contribution in [1.82, 2.24) is 19.9 Å². The molecule has 1 aromatic carbocycles. The normalized spacial score (nSPS) is 15.4. The number of halogens is 1. The number of hydrogen-bond acceptors (Lipinski definition) is 5. The molecule has 2 aromatic heterocycles. The van der Waals surface area contributed by atoms with Crippen LogP contribution in [0.3, 0.4) is 0 Å². The van der Waals surface area contributed by atoms with Crippen LogP contribution in [-0.2, 0) is 29.3 Å². The topological polar surface area (TPSA) is 79.0 Å². The third-order valence-corrected chi connectivity index (χ3v) is 5.81. The molecule has 0 atom stereocenters. The Hall–Kier alpha value is -1.77. The van der Waals surface area contributed by atoms with Crippen molar-refractivity contribution in [3.8, 4) is 0 Å². The highest BCUT2D eigenvalue weighted by atomic mass is 79.9. The molecule has 4 rings (SSSR count). The number of fused-ring (bicyclic) bond motifs is 2. The molecule has 0 bridgehead atoms. The largest absolute Gasteiger partial charge is 0.361 e. The van der Waals surface area contributed by atoms with Gasteiger partial charge in [-0.25, -0.2) is 18.4 Å². The number of benzene rings is 1. The summed E-state index contributed by atoms with van der Waals surface area (Å²) in [6.07, 6.45) is 5.65. The first-order chi connectivity index (χ1) is 11.9. The van der Waals surface area contributed by atoms with Gasteiger partial charge in [-0.3, -0.25) is 4.90 Å². The molecular formula is C17H17BrN4O2S. The third kappa shape index (κ3) is 3.33. The number of sulfone groups is 1. The van der Waals surface area contributed by atoms with Crippen LogP contribution in [0.2, 0.25) is 0 Å². The Balaban J connectivity index is 1.59. The van der Waals surface area contributed by atoms with Crippen molar-refractivity contribution >= 4 is 36.7 Å². The molecule has 8 heteroatoms. The highest BCUT2D eigenvalue weighted by Crippen LogP contribution is 2.25. The minimum absolute atomic E-state index is 0.0926. The number of nitrogens with one attached hydrogen (secondary N) is 1. The van der Waals surface area contributed by atoms with Crippen molar-refractivity contribution in [2.75, 3.05) is 12.8 Å². The van der Waals surface area contributed by atoms with Crippen LogP contribution < -0.4 is 0 Å². The van der Waals surface area contributed by atoms with E-state index in [0.717, 1.165) is 47.0 Å². The van der Waals surface area contributed by atoms with Crippen LogP contribution in [0.25, 0.3) is 10.9 Å². The van der Waals surface area contributed by atoms with E-state index in [2.05, 4.69) is 47.9 Å². The van der Waals surface area contributed by atoms with Crippen LogP contribution in [0.4, 0.5) is 0 Å². The lowest BCUT2D eigenvalue weighted by Crippen LogP contribution is -2.31. The van der Waals surface area contributed by atoms with Gasteiger partial charge in [0.25, 0.3) is 0 Å². The summed E-state index contributed by atoms with van der Waals surface area (Å²) in [6, 6.07) is 6.21. The van der Waals surface area contributed by atoms with Gasteiger partial charge < -0.3 is 4.98 Å². The highest BCUT2D eigenvalue weighted by Gasteiger charge is 2.21. The summed E-state index contributed by atoms with van der Waals surface area (Å²) in [5.41, 5.74) is 4.17. The average Bonchev–Trinajstić information content (AvgIpc) is 2.95. The molecule has 0 fully saturated rings. The Bertz CT molecular complexity index is 1060. The maximum atomic E-state index is 11.7. The fourth-order valence-corrected chi connectivity index (χ4v) is 4.06. The van der Waals surface area contributed by atoms with Crippen molar-refractivity contribution in [3.05, 3.63) is 51.9 Å². The second-order valence-corrected chi connectivity index (χ2v) is 9.19. The number of aromatic nitrogens is 3. The van der Waals surface area contributed by atoms with Gasteiger partial charge in [-0.05, 0) is 29.7 Å². The van der Waals surface area contributed by atoms with Crippen molar-refractivity contribution in [2.45, 2.75) is 24.7 Å². The molecule has 0 radical (unpaired) electrons. The lowest BCUT2D eigenvalue weighted by molar-refractivity contribution is 0.241. The molecule has 3 heterocycles. The van der Waals surface area contributed by atoms with Gasteiger partial charge in [-0.1, -0.05) is 22.0 Å². The van der Waals surface area contributed by atoms with Crippen LogP contribution >= 0.6 is 15.9 Å². The van der Waals surface area contributed by atoms with E-state index in [-0.39, 0.29) is 5.16 Å². The Morgan fingerprint density at radius 1 is 1.36 bits per heavy atom. The SMILES string of the molecule is CS(=O)(=O)c1ncc2c(n1)CN(Cc1c[nH]c3cc(Br)ccc13)CC2. The third-order valence-electron chi connectivity index (χ3n) is 4.46. The maximum Gasteiger partial charge on any atom is 0.247 e. The summed E-state index contributed by atoms with van der Waals surface area (Å²) in [4.78, 5) is 13.9. The molecule has 0 saturated carbocycles. The van der Waals surface area contributed by atoms with Crippen molar-refractivity contribution in [3.63, 3.8) is 0 Å². The van der Waals surface area contributed by atoms with E-state index in [1.54, 1.807) is 6.20 Å². The number of rotatable bonds is 3. The number of H-pyrrole nitrogens is 1. The number of aromatic amines is 1. The van der Waals surface area contributed by atoms with Gasteiger partial charge in [0.15, 0.2) is 0 Å². The molecule has 1 N–H and O–H groups in total. The van der Waals surface area contributed by atoms with E-state index >= 15 is 0 Å². The van der Waals surface area contributed by atoms with E-state index < -0.39 is 9.84 Å². The Morgan fingerprint density at radius 2 is 2.20 bits per heavy atom. The second kappa shape index (κ2) is 6.19. The molecule has 1 aliphatic heterocycles. The first-order valence-electron chi connectivity index (χ1n) is 7.93. The fourth-order valence-electron chi connectivity index (χ4n) is 3.18. The van der Waals surface area contributed by atoms with Gasteiger partial charge in [-0.2, -0.15) is 0 Å². The van der Waals surface area contributed by atoms with Crippen molar-refractivity contribution < 1.29 is 8.42 Å². The predicted molar refractivity (Wildman–Crippen MR) is 99.0 cm³/mol. The molecule has 130 valence electrons. The maximum absolute atomic E-state index is 11.7. The standard InChI is InChI=1S/C17H17BrN4O2S/c1-25(23,24)17-20-7-11-4-5-22(10-16(11)21-17)9-12-8-19-15-6-13(18)2-3-14(12)15/h2-3,6-8,19H,4-5,9-10H2,1H3. The van der Waals surface area contributed by atoms with Crippen LogP contribution in [0.1, 0.15) is 16.8 Å². The minimum atomic E-state index is -3.39. The summed E-state index contributed by atoms with van der Waals surface area (Å²) < 4.78 is 24.4. The number of hydrogen-bond donors (Lipinski definition) is 1. The first-order valence-corrected chi connectivity index (χ1v) is 10.6. The average molecular weight is 421 g/mol. The van der Waals surface area contributed by atoms with E-state index in [9.17, 15) is 8.42 Å². The van der Waals surface area contributed by atoms with E-state index in [1.807, 2.05) is 12.3 Å². The zero-order valence-corrected chi connectivity index (χ0v) is 16.1. The highest BCUT2D eigenvalue weighted by molar-refractivity contribution is 9.10. The van der Waals surface area contributed by atoms with Gasteiger partial charge in [0.1, 0.15) is 0 Å². The molecule has 0 amide bonds. The molecule has 0 unspecified atom stereocenters. The molecule has 0 spiro atoms. The van der Waals surface area contributed by atoms with E-state index in [1.165, 1.54) is 10.9 Å². The zero-order valence-electron chi connectivity index (χ0n) is 13.7. The zero-order chi connectivity index (χ0) is 17.6. The van der Waals surface area contributed by atoms with Crippen LogP contribution in [0, 0.1) is 0 Å². The predicted octanol–water partition coefficient (Wildman–Crippen LogP) is 2.68. The minimum Gasteiger partial charge on any atom is -0.361 e. The monoisotopic (exact) mass is 420 g/mol.